The van der Waals surface area contributed by atoms with Crippen LogP contribution in [0.15, 0.2) is 0 Å². The van der Waals surface area contributed by atoms with Crippen molar-refractivity contribution in [1.29, 1.82) is 0 Å². The van der Waals surface area contributed by atoms with Gasteiger partial charge in [-0.05, 0) is 6.42 Å². The highest BCUT2D eigenvalue weighted by Crippen LogP contribution is 2.18. The van der Waals surface area contributed by atoms with Crippen LogP contribution in [0.1, 0.15) is 6.42 Å². The van der Waals surface area contributed by atoms with Crippen LogP contribution in [0.5, 0.6) is 0 Å². The lowest BCUT2D eigenvalue weighted by molar-refractivity contribution is -0.149. The summed E-state index contributed by atoms with van der Waals surface area (Å²) in [6, 6.07) is -1.85. The summed E-state index contributed by atoms with van der Waals surface area (Å²) in [6.07, 6.45) is 1.08. The van der Waals surface area contributed by atoms with Crippen molar-refractivity contribution in [2.24, 2.45) is 5.73 Å². The lowest BCUT2D eigenvalue weighted by Gasteiger charge is -2.34. The maximum absolute atomic E-state index is 12.1. The third-order valence-corrected chi connectivity index (χ3v) is 4.81. The Kier molecular flexibility index (Phi) is 5.63. The van der Waals surface area contributed by atoms with E-state index in [4.69, 9.17) is 10.8 Å². The van der Waals surface area contributed by atoms with Crippen molar-refractivity contribution in [2.75, 3.05) is 30.1 Å². The zero-order chi connectivity index (χ0) is 14.6. The molecule has 3 N–H and O–H groups in total. The predicted molar refractivity (Wildman–Crippen MR) is 72.8 cm³/mol. The van der Waals surface area contributed by atoms with Crippen molar-refractivity contribution in [1.82, 2.24) is 4.90 Å². The zero-order valence-corrected chi connectivity index (χ0v) is 12.2. The fourth-order valence-electron chi connectivity index (χ4n) is 1.75. The molecule has 1 aliphatic heterocycles. The second kappa shape index (κ2) is 6.58. The largest absolute Gasteiger partial charge is 0.480 e. The molecule has 1 amide bonds. The van der Waals surface area contributed by atoms with Gasteiger partial charge in [-0.15, -0.1) is 0 Å². The zero-order valence-electron chi connectivity index (χ0n) is 10.6. The highest BCUT2D eigenvalue weighted by Gasteiger charge is 2.34. The van der Waals surface area contributed by atoms with E-state index < -0.39 is 33.8 Å². The monoisotopic (exact) mass is 310 g/mol. The molecule has 0 spiro atoms. The van der Waals surface area contributed by atoms with E-state index in [2.05, 4.69) is 0 Å². The molecule has 9 heteroatoms. The molecule has 0 aliphatic carbocycles. The van der Waals surface area contributed by atoms with Crippen LogP contribution in [0, 0.1) is 0 Å². The minimum atomic E-state index is -3.18. The van der Waals surface area contributed by atoms with E-state index in [9.17, 15) is 18.0 Å². The van der Waals surface area contributed by atoms with Crippen LogP contribution in [0.4, 0.5) is 0 Å². The number of rotatable bonds is 5. The first-order chi connectivity index (χ1) is 8.72. The van der Waals surface area contributed by atoms with Crippen molar-refractivity contribution in [2.45, 2.75) is 18.5 Å². The maximum atomic E-state index is 12.1. The lowest BCUT2D eigenvalue weighted by Crippen LogP contribution is -2.55. The predicted octanol–water partition coefficient (Wildman–Crippen LogP) is -1.22. The number of carbonyl (C=O) groups is 2. The Morgan fingerprint density at radius 3 is 2.68 bits per heavy atom. The van der Waals surface area contributed by atoms with Crippen LogP contribution < -0.4 is 5.73 Å². The third kappa shape index (κ3) is 5.00. The molecule has 2 atom stereocenters. The molecule has 0 aromatic carbocycles. The standard InChI is InChI=1S/C10H18N2O5S2/c1-19(16,17)5-2-7(11)9(13)12-3-4-18-6-8(12)10(14)15/h7-8H,2-6,11H2,1H3,(H,14,15). The van der Waals surface area contributed by atoms with Gasteiger partial charge in [0.1, 0.15) is 15.9 Å². The van der Waals surface area contributed by atoms with Gasteiger partial charge in [0.25, 0.3) is 0 Å². The van der Waals surface area contributed by atoms with Gasteiger partial charge in [-0.3, -0.25) is 4.79 Å². The summed E-state index contributed by atoms with van der Waals surface area (Å²) in [6.45, 7) is 0.326. The summed E-state index contributed by atoms with van der Waals surface area (Å²) in [5.41, 5.74) is 5.66. The number of thioether (sulfide) groups is 1. The van der Waals surface area contributed by atoms with Gasteiger partial charge < -0.3 is 15.7 Å². The van der Waals surface area contributed by atoms with Gasteiger partial charge in [0, 0.05) is 24.3 Å². The normalized spacial score (nSPS) is 22.0. The number of nitrogens with zero attached hydrogens (tertiary/aromatic N) is 1. The van der Waals surface area contributed by atoms with Crippen molar-refractivity contribution < 1.29 is 23.1 Å². The van der Waals surface area contributed by atoms with Gasteiger partial charge in [-0.25, -0.2) is 13.2 Å². The number of hydrogen-bond donors (Lipinski definition) is 2. The van der Waals surface area contributed by atoms with Crippen molar-refractivity contribution in [3.05, 3.63) is 0 Å². The minimum absolute atomic E-state index is 0.00759. The number of hydrogen-bond acceptors (Lipinski definition) is 6. The van der Waals surface area contributed by atoms with Gasteiger partial charge in [0.05, 0.1) is 11.8 Å². The molecule has 19 heavy (non-hydrogen) atoms. The number of carbonyl (C=O) groups excluding carboxylic acids is 1. The second-order valence-electron chi connectivity index (χ2n) is 4.49. The molecule has 7 nitrogen and oxygen atoms in total. The first kappa shape index (κ1) is 16.3. The molecule has 1 fully saturated rings. The number of aliphatic carboxylic acids is 1. The maximum Gasteiger partial charge on any atom is 0.327 e. The molecule has 0 radical (unpaired) electrons. The molecular weight excluding hydrogens is 292 g/mol. The molecule has 2 unspecified atom stereocenters. The average Bonchev–Trinajstić information content (AvgIpc) is 2.34. The second-order valence-corrected chi connectivity index (χ2v) is 7.90. The average molecular weight is 310 g/mol. The van der Waals surface area contributed by atoms with E-state index in [1.807, 2.05) is 0 Å². The van der Waals surface area contributed by atoms with Crippen LogP contribution in [-0.4, -0.2) is 72.4 Å². The van der Waals surface area contributed by atoms with Crippen LogP contribution in [-0.2, 0) is 19.4 Å². The van der Waals surface area contributed by atoms with E-state index in [0.29, 0.717) is 18.1 Å². The summed E-state index contributed by atoms with van der Waals surface area (Å²) in [7, 11) is -3.18. The quantitative estimate of drug-likeness (QED) is 0.653. The number of carboxylic acid groups (broad SMARTS) is 1. The Balaban J connectivity index is 2.66. The lowest BCUT2D eigenvalue weighted by atomic mass is 10.1. The first-order valence-corrected chi connectivity index (χ1v) is 8.98. The summed E-state index contributed by atoms with van der Waals surface area (Å²) < 4.78 is 22.1. The fourth-order valence-corrected chi connectivity index (χ4v) is 3.47. The number of carboxylic acids is 1. The molecular formula is C10H18N2O5S2. The molecule has 1 heterocycles. The molecule has 0 aromatic heterocycles. The van der Waals surface area contributed by atoms with Gasteiger partial charge in [0.2, 0.25) is 5.91 Å². The molecule has 0 saturated carbocycles. The molecule has 1 aliphatic rings. The van der Waals surface area contributed by atoms with Crippen LogP contribution >= 0.6 is 11.8 Å². The fraction of sp³-hybridized carbons (Fsp3) is 0.800. The van der Waals surface area contributed by atoms with Crippen molar-refractivity contribution in [3.63, 3.8) is 0 Å². The van der Waals surface area contributed by atoms with E-state index in [1.54, 1.807) is 0 Å². The van der Waals surface area contributed by atoms with Gasteiger partial charge in [-0.1, -0.05) is 0 Å². The number of nitrogens with two attached hydrogens (primary N) is 1. The number of amides is 1. The Hall–Kier alpha value is -0.800. The van der Waals surface area contributed by atoms with Crippen LogP contribution in [0.2, 0.25) is 0 Å². The van der Waals surface area contributed by atoms with Crippen molar-refractivity contribution in [3.8, 4) is 0 Å². The molecule has 0 bridgehead atoms. The van der Waals surface area contributed by atoms with Gasteiger partial charge >= 0.3 is 5.97 Å². The Bertz CT molecular complexity index is 451. The van der Waals surface area contributed by atoms with E-state index >= 15 is 0 Å². The minimum Gasteiger partial charge on any atom is -0.480 e. The van der Waals surface area contributed by atoms with E-state index in [0.717, 1.165) is 6.26 Å². The highest BCUT2D eigenvalue weighted by atomic mass is 32.2. The molecule has 1 rings (SSSR count). The van der Waals surface area contributed by atoms with E-state index in [-0.39, 0.29) is 12.2 Å². The summed E-state index contributed by atoms with van der Waals surface area (Å²) in [4.78, 5) is 24.4. The van der Waals surface area contributed by atoms with Gasteiger partial charge in [-0.2, -0.15) is 11.8 Å². The molecule has 0 aromatic rings. The SMILES string of the molecule is CS(=O)(=O)CCC(N)C(=O)N1CCSCC1C(=O)O. The van der Waals surface area contributed by atoms with Gasteiger partial charge in [0.15, 0.2) is 0 Å². The third-order valence-electron chi connectivity index (χ3n) is 2.81. The number of sulfone groups is 1. The van der Waals surface area contributed by atoms with Crippen LogP contribution in [0.25, 0.3) is 0 Å². The Labute approximate surface area is 116 Å². The summed E-state index contributed by atoms with van der Waals surface area (Å²) in [5.74, 6) is -0.735. The summed E-state index contributed by atoms with van der Waals surface area (Å²) >= 11 is 1.47. The first-order valence-electron chi connectivity index (χ1n) is 5.76. The molecule has 1 saturated heterocycles. The highest BCUT2D eigenvalue weighted by molar-refractivity contribution is 7.99. The topological polar surface area (TPSA) is 118 Å². The van der Waals surface area contributed by atoms with Crippen molar-refractivity contribution >= 4 is 33.5 Å². The Morgan fingerprint density at radius 1 is 1.53 bits per heavy atom. The van der Waals surface area contributed by atoms with E-state index in [1.165, 1.54) is 16.7 Å². The smallest absolute Gasteiger partial charge is 0.327 e. The Morgan fingerprint density at radius 2 is 2.16 bits per heavy atom. The summed E-state index contributed by atoms with van der Waals surface area (Å²) in [5, 5.41) is 9.05. The molecule has 110 valence electrons. The van der Waals surface area contributed by atoms with Crippen LogP contribution in [0.3, 0.4) is 0 Å².